The fraction of sp³-hybridized carbons (Fsp3) is 0.800. The molecule has 2 aliphatic rings. The van der Waals surface area contributed by atoms with Crippen LogP contribution >= 0.6 is 0 Å². The van der Waals surface area contributed by atoms with Crippen molar-refractivity contribution in [2.45, 2.75) is 84.3 Å². The zero-order valence-electron chi connectivity index (χ0n) is 14.9. The second-order valence-electron chi connectivity index (χ2n) is 8.57. The third-order valence-electron chi connectivity index (χ3n) is 6.20. The number of hydrogen-bond donors (Lipinski definition) is 2. The maximum absolute atomic E-state index is 10.1. The quantitative estimate of drug-likeness (QED) is 0.744. The van der Waals surface area contributed by atoms with Gasteiger partial charge >= 0.3 is 0 Å². The second kappa shape index (κ2) is 6.49. The van der Waals surface area contributed by atoms with Gasteiger partial charge in [0, 0.05) is 0 Å². The van der Waals surface area contributed by atoms with E-state index in [0.29, 0.717) is 23.7 Å². The van der Waals surface area contributed by atoms with Gasteiger partial charge in [-0.15, -0.1) is 0 Å². The average Bonchev–Trinajstić information content (AvgIpc) is 2.45. The van der Waals surface area contributed by atoms with Gasteiger partial charge in [0.25, 0.3) is 0 Å². The SMILES string of the molecule is C=C1CC/C=C(\C)CC[C@@H]2[C@@H]1C[C@@]2(C)CCC(O)C(C)(C)O. The minimum Gasteiger partial charge on any atom is -0.390 e. The summed E-state index contributed by atoms with van der Waals surface area (Å²) in [6.07, 6.45) is 9.33. The van der Waals surface area contributed by atoms with Crippen molar-refractivity contribution in [3.63, 3.8) is 0 Å². The van der Waals surface area contributed by atoms with E-state index >= 15 is 0 Å². The lowest BCUT2D eigenvalue weighted by atomic mass is 9.49. The van der Waals surface area contributed by atoms with Crippen LogP contribution in [0.5, 0.6) is 0 Å². The van der Waals surface area contributed by atoms with E-state index < -0.39 is 11.7 Å². The molecule has 0 heterocycles. The molecule has 0 saturated heterocycles. The van der Waals surface area contributed by atoms with E-state index in [9.17, 15) is 10.2 Å². The predicted molar refractivity (Wildman–Crippen MR) is 92.6 cm³/mol. The van der Waals surface area contributed by atoms with Crippen LogP contribution in [-0.4, -0.2) is 21.9 Å². The Morgan fingerprint density at radius 2 is 2.09 bits per heavy atom. The molecule has 0 spiro atoms. The van der Waals surface area contributed by atoms with Gasteiger partial charge in [-0.25, -0.2) is 0 Å². The van der Waals surface area contributed by atoms with Crippen LogP contribution < -0.4 is 0 Å². The van der Waals surface area contributed by atoms with E-state index in [-0.39, 0.29) is 0 Å². The van der Waals surface area contributed by atoms with Crippen molar-refractivity contribution in [2.24, 2.45) is 17.3 Å². The van der Waals surface area contributed by atoms with Crippen LogP contribution in [-0.2, 0) is 0 Å². The van der Waals surface area contributed by atoms with Gasteiger partial charge in [-0.05, 0) is 83.0 Å². The summed E-state index contributed by atoms with van der Waals surface area (Å²) >= 11 is 0. The molecule has 4 atom stereocenters. The van der Waals surface area contributed by atoms with E-state index in [1.54, 1.807) is 13.8 Å². The molecule has 0 amide bonds. The van der Waals surface area contributed by atoms with Gasteiger partial charge in [-0.3, -0.25) is 0 Å². The third kappa shape index (κ3) is 3.83. The largest absolute Gasteiger partial charge is 0.390 e. The standard InChI is InChI=1S/C20H34O2/c1-14-7-6-8-15(2)16-13-20(5,17(16)10-9-14)12-11-18(21)19(3,4)22/h7,16-18,21-22H,2,6,8-13H2,1,3-5H3/b14-7+/t16-,17-,18?,20-/m1/s1. The van der Waals surface area contributed by atoms with Gasteiger partial charge in [-0.2, -0.15) is 0 Å². The van der Waals surface area contributed by atoms with Crippen molar-refractivity contribution in [1.29, 1.82) is 0 Å². The molecule has 1 fully saturated rings. The van der Waals surface area contributed by atoms with Crippen LogP contribution in [0, 0.1) is 17.3 Å². The zero-order valence-corrected chi connectivity index (χ0v) is 14.9. The minimum absolute atomic E-state index is 0.296. The topological polar surface area (TPSA) is 40.5 Å². The van der Waals surface area contributed by atoms with Crippen LogP contribution in [0.3, 0.4) is 0 Å². The summed E-state index contributed by atoms with van der Waals surface area (Å²) in [6.45, 7) is 12.4. The molecule has 126 valence electrons. The minimum atomic E-state index is -0.999. The molecule has 0 aromatic rings. The van der Waals surface area contributed by atoms with Crippen LogP contribution in [0.4, 0.5) is 0 Å². The molecule has 2 N–H and O–H groups in total. The first-order valence-corrected chi connectivity index (χ1v) is 8.87. The highest BCUT2D eigenvalue weighted by Crippen LogP contribution is 2.59. The number of hydrogen-bond acceptors (Lipinski definition) is 2. The first-order chi connectivity index (χ1) is 10.1. The van der Waals surface area contributed by atoms with E-state index in [1.165, 1.54) is 30.4 Å². The molecule has 2 heteroatoms. The van der Waals surface area contributed by atoms with Gasteiger partial charge in [-0.1, -0.05) is 30.7 Å². The molecule has 22 heavy (non-hydrogen) atoms. The van der Waals surface area contributed by atoms with Gasteiger partial charge in [0.2, 0.25) is 0 Å². The predicted octanol–water partition coefficient (Wildman–Crippen LogP) is 4.62. The van der Waals surface area contributed by atoms with Crippen molar-refractivity contribution in [1.82, 2.24) is 0 Å². The van der Waals surface area contributed by atoms with Crippen LogP contribution in [0.15, 0.2) is 23.8 Å². The first kappa shape index (κ1) is 17.7. The van der Waals surface area contributed by atoms with Crippen molar-refractivity contribution in [3.05, 3.63) is 23.8 Å². The summed E-state index contributed by atoms with van der Waals surface area (Å²) in [7, 11) is 0. The molecule has 2 rings (SSSR count). The highest BCUT2D eigenvalue weighted by Gasteiger charge is 2.50. The Morgan fingerprint density at radius 1 is 1.41 bits per heavy atom. The maximum atomic E-state index is 10.1. The fourth-order valence-electron chi connectivity index (χ4n) is 4.38. The molecular formula is C20H34O2. The number of fused-ring (bicyclic) bond motifs is 1. The Hall–Kier alpha value is -0.600. The maximum Gasteiger partial charge on any atom is 0.0849 e. The molecule has 0 aromatic carbocycles. The van der Waals surface area contributed by atoms with Crippen LogP contribution in [0.25, 0.3) is 0 Å². The van der Waals surface area contributed by atoms with E-state index in [1.807, 2.05) is 0 Å². The Bertz CT molecular complexity index is 443. The van der Waals surface area contributed by atoms with E-state index in [4.69, 9.17) is 0 Å². The summed E-state index contributed by atoms with van der Waals surface area (Å²) in [4.78, 5) is 0. The summed E-state index contributed by atoms with van der Waals surface area (Å²) in [5.74, 6) is 1.36. The molecule has 2 nitrogen and oxygen atoms in total. The Balaban J connectivity index is 2.00. The number of aliphatic hydroxyl groups is 2. The van der Waals surface area contributed by atoms with Crippen molar-refractivity contribution >= 4 is 0 Å². The number of rotatable bonds is 4. The summed E-state index contributed by atoms with van der Waals surface area (Å²) in [6, 6.07) is 0. The van der Waals surface area contributed by atoms with Crippen molar-refractivity contribution in [2.75, 3.05) is 0 Å². The van der Waals surface area contributed by atoms with Crippen molar-refractivity contribution in [3.8, 4) is 0 Å². The van der Waals surface area contributed by atoms with E-state index in [0.717, 1.165) is 19.3 Å². The molecule has 0 aromatic heterocycles. The third-order valence-corrected chi connectivity index (χ3v) is 6.20. The molecule has 0 aliphatic heterocycles. The first-order valence-electron chi connectivity index (χ1n) is 8.87. The van der Waals surface area contributed by atoms with Gasteiger partial charge < -0.3 is 10.2 Å². The lowest BCUT2D eigenvalue weighted by molar-refractivity contribution is -0.0759. The zero-order chi connectivity index (χ0) is 16.5. The second-order valence-corrected chi connectivity index (χ2v) is 8.57. The Kier molecular flexibility index (Phi) is 5.23. The molecule has 0 radical (unpaired) electrons. The lowest BCUT2D eigenvalue weighted by Crippen LogP contribution is -2.48. The fourth-order valence-corrected chi connectivity index (χ4v) is 4.38. The highest BCUT2D eigenvalue weighted by molar-refractivity contribution is 5.17. The average molecular weight is 306 g/mol. The van der Waals surface area contributed by atoms with Gasteiger partial charge in [0.05, 0.1) is 11.7 Å². The number of aliphatic hydroxyl groups excluding tert-OH is 1. The Morgan fingerprint density at radius 3 is 2.73 bits per heavy atom. The van der Waals surface area contributed by atoms with Gasteiger partial charge in [0.15, 0.2) is 0 Å². The van der Waals surface area contributed by atoms with Crippen molar-refractivity contribution < 1.29 is 10.2 Å². The highest BCUT2D eigenvalue weighted by atomic mass is 16.3. The summed E-state index contributed by atoms with van der Waals surface area (Å²) in [5.41, 5.74) is 2.24. The molecule has 1 saturated carbocycles. The van der Waals surface area contributed by atoms with Crippen LogP contribution in [0.2, 0.25) is 0 Å². The molecule has 0 bridgehead atoms. The van der Waals surface area contributed by atoms with E-state index in [2.05, 4.69) is 26.5 Å². The lowest BCUT2D eigenvalue weighted by Gasteiger charge is -2.55. The van der Waals surface area contributed by atoms with Gasteiger partial charge in [0.1, 0.15) is 0 Å². The summed E-state index contributed by atoms with van der Waals surface area (Å²) in [5, 5.41) is 20.1. The molecule has 1 unspecified atom stereocenters. The Labute approximate surface area is 136 Å². The number of allylic oxidation sites excluding steroid dienone is 3. The normalized spacial score (nSPS) is 37.0. The smallest absolute Gasteiger partial charge is 0.0849 e. The monoisotopic (exact) mass is 306 g/mol. The summed E-state index contributed by atoms with van der Waals surface area (Å²) < 4.78 is 0. The molecule has 2 aliphatic carbocycles. The molecular weight excluding hydrogens is 272 g/mol. The van der Waals surface area contributed by atoms with Crippen LogP contribution in [0.1, 0.15) is 72.6 Å².